The van der Waals surface area contributed by atoms with E-state index in [0.717, 1.165) is 26.1 Å². The molecule has 102 valence electrons. The van der Waals surface area contributed by atoms with E-state index < -0.39 is 0 Å². The van der Waals surface area contributed by atoms with Crippen LogP contribution in [0.1, 0.15) is 38.2 Å². The zero-order valence-corrected chi connectivity index (χ0v) is 11.6. The fourth-order valence-electron chi connectivity index (χ4n) is 2.10. The SMILES string of the molecule is CCN(CCCCCCN)CCc1ccncc1. The van der Waals surface area contributed by atoms with Crippen molar-refractivity contribution in [2.24, 2.45) is 5.73 Å². The van der Waals surface area contributed by atoms with Crippen molar-refractivity contribution in [1.82, 2.24) is 9.88 Å². The normalized spacial score (nSPS) is 11.1. The van der Waals surface area contributed by atoms with Crippen molar-refractivity contribution in [3.63, 3.8) is 0 Å². The summed E-state index contributed by atoms with van der Waals surface area (Å²) in [5, 5.41) is 0. The van der Waals surface area contributed by atoms with Crippen molar-refractivity contribution >= 4 is 0 Å². The van der Waals surface area contributed by atoms with Gasteiger partial charge in [-0.05, 0) is 56.6 Å². The molecule has 0 atom stereocenters. The van der Waals surface area contributed by atoms with E-state index in [2.05, 4.69) is 28.9 Å². The van der Waals surface area contributed by atoms with Gasteiger partial charge in [0.25, 0.3) is 0 Å². The molecular formula is C15H27N3. The second-order valence-electron chi connectivity index (χ2n) is 4.74. The topological polar surface area (TPSA) is 42.1 Å². The Morgan fingerprint density at radius 1 is 1.06 bits per heavy atom. The van der Waals surface area contributed by atoms with Gasteiger partial charge in [0.05, 0.1) is 0 Å². The first kappa shape index (κ1) is 15.1. The highest BCUT2D eigenvalue weighted by Gasteiger charge is 2.02. The summed E-state index contributed by atoms with van der Waals surface area (Å²) in [6.07, 6.45) is 9.92. The molecule has 1 heterocycles. The van der Waals surface area contributed by atoms with Crippen molar-refractivity contribution in [2.75, 3.05) is 26.2 Å². The minimum atomic E-state index is 0.833. The lowest BCUT2D eigenvalue weighted by molar-refractivity contribution is 0.284. The number of nitrogens with zero attached hydrogens (tertiary/aromatic N) is 2. The molecule has 0 aliphatic heterocycles. The third-order valence-electron chi connectivity index (χ3n) is 3.34. The highest BCUT2D eigenvalue weighted by Crippen LogP contribution is 2.04. The van der Waals surface area contributed by atoms with Gasteiger partial charge in [0.2, 0.25) is 0 Å². The summed E-state index contributed by atoms with van der Waals surface area (Å²) in [6.45, 7) is 6.58. The number of unbranched alkanes of at least 4 members (excludes halogenated alkanes) is 3. The molecule has 0 saturated heterocycles. The van der Waals surface area contributed by atoms with Gasteiger partial charge in [-0.15, -0.1) is 0 Å². The fraction of sp³-hybridized carbons (Fsp3) is 0.667. The second kappa shape index (κ2) is 10.0. The summed E-state index contributed by atoms with van der Waals surface area (Å²) < 4.78 is 0. The summed E-state index contributed by atoms with van der Waals surface area (Å²) in [5.41, 5.74) is 6.87. The largest absolute Gasteiger partial charge is 0.330 e. The molecule has 0 radical (unpaired) electrons. The molecule has 0 spiro atoms. The van der Waals surface area contributed by atoms with Crippen molar-refractivity contribution < 1.29 is 0 Å². The molecular weight excluding hydrogens is 222 g/mol. The summed E-state index contributed by atoms with van der Waals surface area (Å²) in [5.74, 6) is 0. The first-order valence-corrected chi connectivity index (χ1v) is 7.18. The maximum Gasteiger partial charge on any atom is 0.0270 e. The van der Waals surface area contributed by atoms with Gasteiger partial charge in [-0.1, -0.05) is 19.8 Å². The van der Waals surface area contributed by atoms with Gasteiger partial charge in [-0.2, -0.15) is 0 Å². The molecule has 1 rings (SSSR count). The van der Waals surface area contributed by atoms with Crippen molar-refractivity contribution in [3.8, 4) is 0 Å². The molecule has 0 unspecified atom stereocenters. The Balaban J connectivity index is 2.13. The van der Waals surface area contributed by atoms with E-state index in [1.165, 1.54) is 37.8 Å². The van der Waals surface area contributed by atoms with Gasteiger partial charge in [-0.3, -0.25) is 4.98 Å². The first-order valence-electron chi connectivity index (χ1n) is 7.18. The maximum absolute atomic E-state index is 5.49. The van der Waals surface area contributed by atoms with Crippen LogP contribution in [0.25, 0.3) is 0 Å². The van der Waals surface area contributed by atoms with E-state index in [0.29, 0.717) is 0 Å². The van der Waals surface area contributed by atoms with Crippen molar-refractivity contribution in [2.45, 2.75) is 39.0 Å². The lowest BCUT2D eigenvalue weighted by Crippen LogP contribution is -2.27. The molecule has 0 amide bonds. The van der Waals surface area contributed by atoms with E-state index in [-0.39, 0.29) is 0 Å². The van der Waals surface area contributed by atoms with Crippen LogP contribution in [-0.4, -0.2) is 36.1 Å². The Bertz CT molecular complexity index is 287. The molecule has 0 bridgehead atoms. The Labute approximate surface area is 111 Å². The van der Waals surface area contributed by atoms with Gasteiger partial charge in [0, 0.05) is 18.9 Å². The van der Waals surface area contributed by atoms with E-state index in [1.54, 1.807) is 0 Å². The molecule has 0 saturated carbocycles. The number of rotatable bonds is 10. The summed E-state index contributed by atoms with van der Waals surface area (Å²) in [4.78, 5) is 6.58. The molecule has 3 nitrogen and oxygen atoms in total. The van der Waals surface area contributed by atoms with Gasteiger partial charge in [-0.25, -0.2) is 0 Å². The third kappa shape index (κ3) is 6.72. The molecule has 2 N–H and O–H groups in total. The lowest BCUT2D eigenvalue weighted by Gasteiger charge is -2.20. The fourth-order valence-corrected chi connectivity index (χ4v) is 2.10. The summed E-state index contributed by atoms with van der Waals surface area (Å²) in [6, 6.07) is 4.21. The minimum absolute atomic E-state index is 0.833. The van der Waals surface area contributed by atoms with E-state index in [4.69, 9.17) is 5.73 Å². The quantitative estimate of drug-likeness (QED) is 0.648. The molecule has 3 heteroatoms. The van der Waals surface area contributed by atoms with Crippen LogP contribution in [0.4, 0.5) is 0 Å². The Morgan fingerprint density at radius 2 is 1.78 bits per heavy atom. The monoisotopic (exact) mass is 249 g/mol. The number of hydrogen-bond donors (Lipinski definition) is 1. The number of aromatic nitrogens is 1. The van der Waals surface area contributed by atoms with E-state index in [1.807, 2.05) is 12.4 Å². The molecule has 1 aromatic heterocycles. The molecule has 0 fully saturated rings. The molecule has 1 aromatic rings. The van der Waals surface area contributed by atoms with Crippen LogP contribution in [0.15, 0.2) is 24.5 Å². The summed E-state index contributed by atoms with van der Waals surface area (Å²) in [7, 11) is 0. The minimum Gasteiger partial charge on any atom is -0.330 e. The zero-order chi connectivity index (χ0) is 13.1. The number of hydrogen-bond acceptors (Lipinski definition) is 3. The first-order chi connectivity index (χ1) is 8.86. The van der Waals surface area contributed by atoms with Crippen LogP contribution in [0, 0.1) is 0 Å². The Hall–Kier alpha value is -0.930. The predicted octanol–water partition coefficient (Wildman–Crippen LogP) is 2.47. The average Bonchev–Trinajstić information content (AvgIpc) is 2.43. The van der Waals surface area contributed by atoms with Crippen LogP contribution in [-0.2, 0) is 6.42 Å². The Kier molecular flexibility index (Phi) is 8.43. The highest BCUT2D eigenvalue weighted by atomic mass is 15.1. The maximum atomic E-state index is 5.49. The number of nitrogens with two attached hydrogens (primary N) is 1. The van der Waals surface area contributed by atoms with Gasteiger partial charge >= 0.3 is 0 Å². The standard InChI is InChI=1S/C15H27N3/c1-2-18(13-6-4-3-5-10-16)14-9-15-7-11-17-12-8-15/h7-8,11-12H,2-6,9-10,13-14,16H2,1H3. The smallest absolute Gasteiger partial charge is 0.0270 e. The van der Waals surface area contributed by atoms with E-state index >= 15 is 0 Å². The van der Waals surface area contributed by atoms with Crippen molar-refractivity contribution in [1.29, 1.82) is 0 Å². The number of pyridine rings is 1. The predicted molar refractivity (Wildman–Crippen MR) is 77.6 cm³/mol. The van der Waals surface area contributed by atoms with Crippen molar-refractivity contribution in [3.05, 3.63) is 30.1 Å². The van der Waals surface area contributed by atoms with Gasteiger partial charge < -0.3 is 10.6 Å². The van der Waals surface area contributed by atoms with Gasteiger partial charge in [0.15, 0.2) is 0 Å². The average molecular weight is 249 g/mol. The van der Waals surface area contributed by atoms with E-state index in [9.17, 15) is 0 Å². The van der Waals surface area contributed by atoms with Crippen LogP contribution in [0.2, 0.25) is 0 Å². The number of likely N-dealkylation sites (N-methyl/N-ethyl adjacent to an activating group) is 1. The molecule has 0 aliphatic carbocycles. The zero-order valence-electron chi connectivity index (χ0n) is 11.6. The van der Waals surface area contributed by atoms with Crippen LogP contribution in [0.3, 0.4) is 0 Å². The van der Waals surface area contributed by atoms with Crippen LogP contribution < -0.4 is 5.73 Å². The Morgan fingerprint density at radius 3 is 2.44 bits per heavy atom. The highest BCUT2D eigenvalue weighted by molar-refractivity contribution is 5.09. The second-order valence-corrected chi connectivity index (χ2v) is 4.74. The third-order valence-corrected chi connectivity index (χ3v) is 3.34. The van der Waals surface area contributed by atoms with Crippen LogP contribution in [0.5, 0.6) is 0 Å². The molecule has 18 heavy (non-hydrogen) atoms. The van der Waals surface area contributed by atoms with Gasteiger partial charge in [0.1, 0.15) is 0 Å². The summed E-state index contributed by atoms with van der Waals surface area (Å²) >= 11 is 0. The molecule has 0 aromatic carbocycles. The lowest BCUT2D eigenvalue weighted by atomic mass is 10.1. The molecule has 0 aliphatic rings. The van der Waals surface area contributed by atoms with Crippen LogP contribution >= 0.6 is 0 Å².